The Balaban J connectivity index is 2.62. The van der Waals surface area contributed by atoms with Crippen molar-refractivity contribution in [3.63, 3.8) is 0 Å². The molecule has 0 fully saturated rings. The topological polar surface area (TPSA) is 54.4 Å². The van der Waals surface area contributed by atoms with Gasteiger partial charge in [-0.25, -0.2) is 8.42 Å². The molecular weight excluding hydrogens is 245 g/mol. The molecular formula is C9H7F3O3S. The summed E-state index contributed by atoms with van der Waals surface area (Å²) in [4.78, 5) is -0.215. The second kappa shape index (κ2) is 3.21. The van der Waals surface area contributed by atoms with E-state index in [2.05, 4.69) is 0 Å². The quantitative estimate of drug-likeness (QED) is 0.761. The van der Waals surface area contributed by atoms with Crippen molar-refractivity contribution in [2.75, 3.05) is 5.75 Å². The maximum absolute atomic E-state index is 12.3. The Morgan fingerprint density at radius 3 is 2.50 bits per heavy atom. The summed E-state index contributed by atoms with van der Waals surface area (Å²) in [7, 11) is -3.63. The summed E-state index contributed by atoms with van der Waals surface area (Å²) in [5.74, 6) is -0.552. The van der Waals surface area contributed by atoms with E-state index >= 15 is 0 Å². The summed E-state index contributed by atoms with van der Waals surface area (Å²) in [6.07, 6.45) is -5.91. The Morgan fingerprint density at radius 2 is 1.94 bits per heavy atom. The van der Waals surface area contributed by atoms with Gasteiger partial charge in [0.1, 0.15) is 0 Å². The summed E-state index contributed by atoms with van der Waals surface area (Å²) < 4.78 is 59.8. The Morgan fingerprint density at radius 1 is 1.31 bits per heavy atom. The molecule has 7 heteroatoms. The average molecular weight is 252 g/mol. The number of sulfone groups is 1. The highest BCUT2D eigenvalue weighted by molar-refractivity contribution is 7.91. The first kappa shape index (κ1) is 11.4. The summed E-state index contributed by atoms with van der Waals surface area (Å²) in [5, 5.41) is 9.36. The van der Waals surface area contributed by atoms with Gasteiger partial charge < -0.3 is 5.11 Å². The number of fused-ring (bicyclic) bond motifs is 1. The van der Waals surface area contributed by atoms with E-state index in [0.717, 1.165) is 6.07 Å². The Labute approximate surface area is 89.4 Å². The maximum atomic E-state index is 12.3. The maximum Gasteiger partial charge on any atom is 0.416 e. The highest BCUT2D eigenvalue weighted by Gasteiger charge is 2.37. The number of halogens is 3. The van der Waals surface area contributed by atoms with Crippen LogP contribution in [0.5, 0.6) is 0 Å². The molecule has 1 aliphatic rings. The van der Waals surface area contributed by atoms with Crippen LogP contribution in [0.15, 0.2) is 23.1 Å². The Bertz CT molecular complexity index is 533. The number of hydrogen-bond donors (Lipinski definition) is 1. The normalized spacial score (nSPS) is 23.1. The highest BCUT2D eigenvalue weighted by Crippen LogP contribution is 2.38. The van der Waals surface area contributed by atoms with Crippen molar-refractivity contribution in [1.82, 2.24) is 0 Å². The van der Waals surface area contributed by atoms with Gasteiger partial charge in [0, 0.05) is 5.56 Å². The summed E-state index contributed by atoms with van der Waals surface area (Å²) in [6.45, 7) is 0. The second-order valence-electron chi connectivity index (χ2n) is 3.55. The van der Waals surface area contributed by atoms with Crippen LogP contribution in [-0.2, 0) is 16.0 Å². The van der Waals surface area contributed by atoms with Crippen LogP contribution in [-0.4, -0.2) is 19.3 Å². The first-order valence-electron chi connectivity index (χ1n) is 4.34. The molecule has 2 rings (SSSR count). The van der Waals surface area contributed by atoms with E-state index in [1.54, 1.807) is 0 Å². The smallest absolute Gasteiger partial charge is 0.387 e. The molecule has 1 aromatic carbocycles. The Hall–Kier alpha value is -1.08. The lowest BCUT2D eigenvalue weighted by Gasteiger charge is -2.08. The molecule has 0 spiro atoms. The van der Waals surface area contributed by atoms with Crippen LogP contribution in [0.4, 0.5) is 13.2 Å². The average Bonchev–Trinajstić information content (AvgIpc) is 2.36. The molecule has 1 aliphatic heterocycles. The zero-order valence-corrected chi connectivity index (χ0v) is 8.64. The number of benzene rings is 1. The molecule has 0 amide bonds. The van der Waals surface area contributed by atoms with Gasteiger partial charge in [0.2, 0.25) is 0 Å². The van der Waals surface area contributed by atoms with E-state index in [-0.39, 0.29) is 10.5 Å². The lowest BCUT2D eigenvalue weighted by molar-refractivity contribution is -0.137. The number of rotatable bonds is 0. The minimum atomic E-state index is -4.54. The monoisotopic (exact) mass is 252 g/mol. The molecule has 88 valence electrons. The van der Waals surface area contributed by atoms with Gasteiger partial charge in [-0.3, -0.25) is 0 Å². The van der Waals surface area contributed by atoms with Crippen LogP contribution in [0.3, 0.4) is 0 Å². The molecule has 0 unspecified atom stereocenters. The van der Waals surface area contributed by atoms with E-state index in [4.69, 9.17) is 0 Å². The van der Waals surface area contributed by atoms with E-state index in [1.807, 2.05) is 0 Å². The standard InChI is InChI=1S/C9H7F3O3S/c10-9(11,12)5-1-2-8-6(3-5)7(13)4-16(8,14)15/h1-3,7,13H,4H2/t7-/m0/s1. The fourth-order valence-electron chi connectivity index (χ4n) is 1.66. The van der Waals surface area contributed by atoms with Gasteiger partial charge in [0.05, 0.1) is 22.3 Å². The van der Waals surface area contributed by atoms with Crippen LogP contribution < -0.4 is 0 Å². The van der Waals surface area contributed by atoms with Gasteiger partial charge in [-0.05, 0) is 18.2 Å². The van der Waals surface area contributed by atoms with E-state index < -0.39 is 33.4 Å². The largest absolute Gasteiger partial charge is 0.416 e. The first-order valence-corrected chi connectivity index (χ1v) is 5.99. The van der Waals surface area contributed by atoms with Crippen molar-refractivity contribution >= 4 is 9.84 Å². The predicted molar refractivity (Wildman–Crippen MR) is 48.5 cm³/mol. The molecule has 0 aromatic heterocycles. The molecule has 0 radical (unpaired) electrons. The van der Waals surface area contributed by atoms with Crippen LogP contribution in [0.25, 0.3) is 0 Å². The van der Waals surface area contributed by atoms with Gasteiger partial charge in [-0.1, -0.05) is 0 Å². The SMILES string of the molecule is O=S1(=O)C[C@H](O)c2cc(C(F)(F)F)ccc21. The molecule has 1 aromatic rings. The van der Waals surface area contributed by atoms with Gasteiger partial charge >= 0.3 is 6.18 Å². The fourth-order valence-corrected chi connectivity index (χ4v) is 3.26. The summed E-state index contributed by atoms with van der Waals surface area (Å²) in [6, 6.07) is 2.28. The minimum Gasteiger partial charge on any atom is -0.387 e. The lowest BCUT2D eigenvalue weighted by Crippen LogP contribution is -2.06. The van der Waals surface area contributed by atoms with Gasteiger partial charge in [0.15, 0.2) is 9.84 Å². The number of aliphatic hydroxyl groups is 1. The Kier molecular flexibility index (Phi) is 2.29. The number of aliphatic hydroxyl groups excluding tert-OH is 1. The third kappa shape index (κ3) is 1.69. The third-order valence-electron chi connectivity index (χ3n) is 2.41. The second-order valence-corrected chi connectivity index (χ2v) is 5.55. The molecule has 3 nitrogen and oxygen atoms in total. The molecule has 0 saturated heterocycles. The van der Waals surface area contributed by atoms with Crippen LogP contribution in [0.2, 0.25) is 0 Å². The van der Waals surface area contributed by atoms with Gasteiger partial charge in [-0.15, -0.1) is 0 Å². The van der Waals surface area contributed by atoms with Crippen LogP contribution >= 0.6 is 0 Å². The fraction of sp³-hybridized carbons (Fsp3) is 0.333. The summed E-state index contributed by atoms with van der Waals surface area (Å²) in [5.41, 5.74) is -1.13. The van der Waals surface area contributed by atoms with E-state index in [0.29, 0.717) is 12.1 Å². The highest BCUT2D eigenvalue weighted by atomic mass is 32.2. The number of alkyl halides is 3. The molecule has 0 saturated carbocycles. The zero-order valence-electron chi connectivity index (χ0n) is 7.82. The van der Waals surface area contributed by atoms with Crippen molar-refractivity contribution in [1.29, 1.82) is 0 Å². The molecule has 1 heterocycles. The van der Waals surface area contributed by atoms with Crippen LogP contribution in [0.1, 0.15) is 17.2 Å². The van der Waals surface area contributed by atoms with Gasteiger partial charge in [-0.2, -0.15) is 13.2 Å². The van der Waals surface area contributed by atoms with Crippen molar-refractivity contribution in [3.8, 4) is 0 Å². The van der Waals surface area contributed by atoms with E-state index in [1.165, 1.54) is 0 Å². The van der Waals surface area contributed by atoms with E-state index in [9.17, 15) is 26.7 Å². The molecule has 1 N–H and O–H groups in total. The lowest BCUT2D eigenvalue weighted by atomic mass is 10.1. The summed E-state index contributed by atoms with van der Waals surface area (Å²) >= 11 is 0. The van der Waals surface area contributed by atoms with Crippen molar-refractivity contribution in [2.45, 2.75) is 17.2 Å². The van der Waals surface area contributed by atoms with Crippen molar-refractivity contribution < 1.29 is 26.7 Å². The van der Waals surface area contributed by atoms with Crippen LogP contribution in [0, 0.1) is 0 Å². The molecule has 16 heavy (non-hydrogen) atoms. The molecule has 0 bridgehead atoms. The first-order chi connectivity index (χ1) is 7.22. The zero-order chi connectivity index (χ0) is 12.1. The third-order valence-corrected chi connectivity index (χ3v) is 4.20. The predicted octanol–water partition coefficient (Wildman–Crippen LogP) is 1.53. The molecule has 0 aliphatic carbocycles. The molecule has 1 atom stereocenters. The number of hydrogen-bond acceptors (Lipinski definition) is 3. The van der Waals surface area contributed by atoms with Gasteiger partial charge in [0.25, 0.3) is 0 Å². The van der Waals surface area contributed by atoms with Crippen molar-refractivity contribution in [3.05, 3.63) is 29.3 Å². The minimum absolute atomic E-state index is 0.171. The van der Waals surface area contributed by atoms with Crippen molar-refractivity contribution in [2.24, 2.45) is 0 Å².